The van der Waals surface area contributed by atoms with E-state index in [9.17, 15) is 9.18 Å². The molecule has 2 aromatic rings. The third-order valence-electron chi connectivity index (χ3n) is 2.01. The smallest absolute Gasteiger partial charge is 0.260 e. The first-order chi connectivity index (χ1) is 8.56. The van der Waals surface area contributed by atoms with Gasteiger partial charge in [-0.3, -0.25) is 4.79 Å². The second kappa shape index (κ2) is 5.29. The maximum Gasteiger partial charge on any atom is 0.260 e. The summed E-state index contributed by atoms with van der Waals surface area (Å²) in [6.45, 7) is 0. The van der Waals surface area contributed by atoms with Gasteiger partial charge in [0.05, 0.1) is 11.8 Å². The number of rotatable bonds is 2. The van der Waals surface area contributed by atoms with E-state index in [0.717, 1.165) is 12.3 Å². The Bertz CT molecular complexity index is 607. The maximum absolute atomic E-state index is 13.0. The lowest BCUT2D eigenvalue weighted by molar-refractivity contribution is 0.102. The Hall–Kier alpha value is -1.72. The molecule has 0 aliphatic carbocycles. The molecule has 0 bridgehead atoms. The van der Waals surface area contributed by atoms with Crippen LogP contribution in [0.3, 0.4) is 0 Å². The SMILES string of the molecule is O=C(Nc1cccc(Cl)n1)c1cc(F)cnc1Cl. The second-order valence-electron chi connectivity index (χ2n) is 3.29. The zero-order valence-corrected chi connectivity index (χ0v) is 10.3. The lowest BCUT2D eigenvalue weighted by Crippen LogP contribution is -2.14. The largest absolute Gasteiger partial charge is 0.306 e. The Balaban J connectivity index is 2.24. The van der Waals surface area contributed by atoms with Gasteiger partial charge in [0.25, 0.3) is 5.91 Å². The van der Waals surface area contributed by atoms with E-state index in [1.807, 2.05) is 0 Å². The Labute approximate surface area is 112 Å². The van der Waals surface area contributed by atoms with Crippen LogP contribution in [0.5, 0.6) is 0 Å². The van der Waals surface area contributed by atoms with Crippen molar-refractivity contribution in [2.75, 3.05) is 5.32 Å². The molecule has 7 heteroatoms. The quantitative estimate of drug-likeness (QED) is 0.863. The van der Waals surface area contributed by atoms with Crippen molar-refractivity contribution in [2.45, 2.75) is 0 Å². The Morgan fingerprint density at radius 1 is 1.33 bits per heavy atom. The third-order valence-corrected chi connectivity index (χ3v) is 2.52. The highest BCUT2D eigenvalue weighted by molar-refractivity contribution is 6.33. The summed E-state index contributed by atoms with van der Waals surface area (Å²) in [6, 6.07) is 5.73. The molecule has 92 valence electrons. The molecule has 2 heterocycles. The van der Waals surface area contributed by atoms with Crippen LogP contribution in [0.1, 0.15) is 10.4 Å². The number of hydrogen-bond donors (Lipinski definition) is 1. The highest BCUT2D eigenvalue weighted by atomic mass is 35.5. The summed E-state index contributed by atoms with van der Waals surface area (Å²) >= 11 is 11.4. The molecule has 18 heavy (non-hydrogen) atoms. The van der Waals surface area contributed by atoms with Gasteiger partial charge in [0, 0.05) is 0 Å². The van der Waals surface area contributed by atoms with Crippen LogP contribution in [-0.4, -0.2) is 15.9 Å². The van der Waals surface area contributed by atoms with E-state index < -0.39 is 11.7 Å². The van der Waals surface area contributed by atoms with Crippen LogP contribution < -0.4 is 5.32 Å². The summed E-state index contributed by atoms with van der Waals surface area (Å²) in [5, 5.41) is 2.59. The third kappa shape index (κ3) is 2.94. The molecule has 0 aliphatic heterocycles. The molecule has 4 nitrogen and oxygen atoms in total. The number of carbonyl (C=O) groups is 1. The van der Waals surface area contributed by atoms with Crippen molar-refractivity contribution in [3.8, 4) is 0 Å². The first-order valence-corrected chi connectivity index (χ1v) is 5.57. The molecule has 0 fully saturated rings. The van der Waals surface area contributed by atoms with E-state index in [-0.39, 0.29) is 21.7 Å². The molecule has 1 amide bonds. The molecule has 0 aromatic carbocycles. The molecular weight excluding hydrogens is 280 g/mol. The second-order valence-corrected chi connectivity index (χ2v) is 4.04. The number of nitrogens with zero attached hydrogens (tertiary/aromatic N) is 2. The van der Waals surface area contributed by atoms with Crippen molar-refractivity contribution in [1.29, 1.82) is 0 Å². The molecule has 1 N–H and O–H groups in total. The van der Waals surface area contributed by atoms with E-state index in [1.165, 1.54) is 0 Å². The van der Waals surface area contributed by atoms with Gasteiger partial charge in [-0.2, -0.15) is 0 Å². The molecule has 2 rings (SSSR count). The summed E-state index contributed by atoms with van der Waals surface area (Å²) in [4.78, 5) is 19.2. The summed E-state index contributed by atoms with van der Waals surface area (Å²) in [5.41, 5.74) is -0.0709. The Morgan fingerprint density at radius 3 is 2.83 bits per heavy atom. The van der Waals surface area contributed by atoms with Crippen molar-refractivity contribution in [3.63, 3.8) is 0 Å². The number of nitrogens with one attached hydrogen (secondary N) is 1. The summed E-state index contributed by atoms with van der Waals surface area (Å²) in [7, 11) is 0. The lowest BCUT2D eigenvalue weighted by Gasteiger charge is -2.05. The van der Waals surface area contributed by atoms with Gasteiger partial charge in [-0.1, -0.05) is 29.3 Å². The van der Waals surface area contributed by atoms with Crippen LogP contribution in [-0.2, 0) is 0 Å². The minimum atomic E-state index is -0.649. The molecule has 0 atom stereocenters. The molecule has 0 saturated heterocycles. The van der Waals surface area contributed by atoms with Crippen LogP contribution in [0.4, 0.5) is 10.2 Å². The van der Waals surface area contributed by atoms with E-state index in [1.54, 1.807) is 18.2 Å². The monoisotopic (exact) mass is 285 g/mol. The van der Waals surface area contributed by atoms with Gasteiger partial charge in [-0.25, -0.2) is 14.4 Å². The molecular formula is C11H6Cl2FN3O. The van der Waals surface area contributed by atoms with Gasteiger partial charge >= 0.3 is 0 Å². The van der Waals surface area contributed by atoms with E-state index in [2.05, 4.69) is 15.3 Å². The highest BCUT2D eigenvalue weighted by Gasteiger charge is 2.13. The number of amides is 1. The summed E-state index contributed by atoms with van der Waals surface area (Å²) < 4.78 is 13.0. The Kier molecular flexibility index (Phi) is 3.74. The first kappa shape index (κ1) is 12.7. The van der Waals surface area contributed by atoms with Crippen molar-refractivity contribution in [2.24, 2.45) is 0 Å². The van der Waals surface area contributed by atoms with E-state index in [4.69, 9.17) is 23.2 Å². The van der Waals surface area contributed by atoms with Gasteiger partial charge in [0.2, 0.25) is 0 Å². The van der Waals surface area contributed by atoms with Crippen molar-refractivity contribution in [1.82, 2.24) is 9.97 Å². The normalized spacial score (nSPS) is 10.2. The van der Waals surface area contributed by atoms with Crippen molar-refractivity contribution < 1.29 is 9.18 Å². The average Bonchev–Trinajstić information content (AvgIpc) is 2.32. The van der Waals surface area contributed by atoms with Gasteiger partial charge in [0.1, 0.15) is 21.9 Å². The van der Waals surface area contributed by atoms with Crippen LogP contribution in [0.15, 0.2) is 30.5 Å². The van der Waals surface area contributed by atoms with Gasteiger partial charge in [0.15, 0.2) is 0 Å². The zero-order valence-electron chi connectivity index (χ0n) is 8.82. The van der Waals surface area contributed by atoms with Crippen molar-refractivity contribution >= 4 is 34.9 Å². The van der Waals surface area contributed by atoms with Crippen LogP contribution >= 0.6 is 23.2 Å². The average molecular weight is 286 g/mol. The lowest BCUT2D eigenvalue weighted by atomic mass is 10.2. The minimum absolute atomic E-state index is 0.0709. The number of halogens is 3. The minimum Gasteiger partial charge on any atom is -0.306 e. The number of hydrogen-bond acceptors (Lipinski definition) is 3. The fraction of sp³-hybridized carbons (Fsp3) is 0. The predicted octanol–water partition coefficient (Wildman–Crippen LogP) is 3.17. The highest BCUT2D eigenvalue weighted by Crippen LogP contribution is 2.16. The molecule has 0 unspecified atom stereocenters. The fourth-order valence-corrected chi connectivity index (χ4v) is 1.60. The topological polar surface area (TPSA) is 54.9 Å². The molecule has 0 radical (unpaired) electrons. The van der Waals surface area contributed by atoms with Gasteiger partial charge < -0.3 is 5.32 Å². The number of aromatic nitrogens is 2. The number of pyridine rings is 2. The Morgan fingerprint density at radius 2 is 2.11 bits per heavy atom. The summed E-state index contributed by atoms with van der Waals surface area (Å²) in [6.07, 6.45) is 0.927. The van der Waals surface area contributed by atoms with Crippen LogP contribution in [0, 0.1) is 5.82 Å². The molecule has 2 aromatic heterocycles. The van der Waals surface area contributed by atoms with E-state index >= 15 is 0 Å². The van der Waals surface area contributed by atoms with Gasteiger partial charge in [-0.05, 0) is 18.2 Å². The number of anilines is 1. The first-order valence-electron chi connectivity index (χ1n) is 4.81. The van der Waals surface area contributed by atoms with E-state index in [0.29, 0.717) is 0 Å². The zero-order chi connectivity index (χ0) is 13.1. The fourth-order valence-electron chi connectivity index (χ4n) is 1.24. The molecule has 0 saturated carbocycles. The molecule has 0 spiro atoms. The predicted molar refractivity (Wildman–Crippen MR) is 66.4 cm³/mol. The standard InChI is InChI=1S/C11H6Cl2FN3O/c12-8-2-1-3-9(16-8)17-11(18)7-4-6(14)5-15-10(7)13/h1-5H,(H,16,17,18). The summed E-state index contributed by atoms with van der Waals surface area (Å²) in [5.74, 6) is -1.02. The molecule has 0 aliphatic rings. The van der Waals surface area contributed by atoms with Gasteiger partial charge in [-0.15, -0.1) is 0 Å². The maximum atomic E-state index is 13.0. The van der Waals surface area contributed by atoms with Crippen LogP contribution in [0.25, 0.3) is 0 Å². The number of carbonyl (C=O) groups excluding carboxylic acids is 1. The van der Waals surface area contributed by atoms with Crippen LogP contribution in [0.2, 0.25) is 10.3 Å². The van der Waals surface area contributed by atoms with Crippen molar-refractivity contribution in [3.05, 3.63) is 52.1 Å².